The van der Waals surface area contributed by atoms with Crippen LogP contribution in [0.1, 0.15) is 42.5 Å². The number of anilines is 2. The zero-order valence-electron chi connectivity index (χ0n) is 22.2. The van der Waals surface area contributed by atoms with Crippen LogP contribution in [0.3, 0.4) is 0 Å². The minimum absolute atomic E-state index is 0.0803. The van der Waals surface area contributed by atoms with Crippen molar-refractivity contribution < 1.29 is 13.2 Å². The smallest absolute Gasteiger partial charge is 0.272 e. The first-order valence-electron chi connectivity index (χ1n) is 12.6. The number of pyridine rings is 1. The van der Waals surface area contributed by atoms with E-state index >= 15 is 0 Å². The van der Waals surface area contributed by atoms with Crippen molar-refractivity contribution in [2.24, 2.45) is 0 Å². The monoisotopic (exact) mass is 538 g/mol. The number of H-pyrrole nitrogens is 1. The second-order valence-electron chi connectivity index (χ2n) is 10.5. The van der Waals surface area contributed by atoms with Crippen molar-refractivity contribution in [2.45, 2.75) is 38.0 Å². The van der Waals surface area contributed by atoms with E-state index in [-0.39, 0.29) is 16.2 Å². The summed E-state index contributed by atoms with van der Waals surface area (Å²) in [6.45, 7) is 8.10. The van der Waals surface area contributed by atoms with Gasteiger partial charge in [0.2, 0.25) is 0 Å². The second-order valence-corrected chi connectivity index (χ2v) is 12.2. The maximum Gasteiger partial charge on any atom is 0.272 e. The van der Waals surface area contributed by atoms with Crippen LogP contribution in [0.25, 0.3) is 22.0 Å². The third-order valence-electron chi connectivity index (χ3n) is 6.53. The van der Waals surface area contributed by atoms with Gasteiger partial charge < -0.3 is 10.3 Å². The summed E-state index contributed by atoms with van der Waals surface area (Å²) in [5.74, 6) is -0.309. The van der Waals surface area contributed by atoms with Crippen LogP contribution in [0, 0.1) is 6.92 Å². The molecule has 3 aromatic carbocycles. The van der Waals surface area contributed by atoms with Crippen LogP contribution >= 0.6 is 0 Å². The Morgan fingerprint density at radius 3 is 2.26 bits per heavy atom. The molecular weight excluding hydrogens is 508 g/mol. The van der Waals surface area contributed by atoms with E-state index in [9.17, 15) is 13.2 Å². The minimum atomic E-state index is -3.82. The topological polar surface area (TPSA) is 104 Å². The fourth-order valence-electron chi connectivity index (χ4n) is 4.50. The molecular formula is C31H30N4O3S. The first-order valence-corrected chi connectivity index (χ1v) is 14.1. The van der Waals surface area contributed by atoms with Gasteiger partial charge in [-0.3, -0.25) is 14.5 Å². The van der Waals surface area contributed by atoms with E-state index in [0.29, 0.717) is 28.1 Å². The summed E-state index contributed by atoms with van der Waals surface area (Å²) in [7, 11) is -3.82. The SMILES string of the molecule is Cc1cc(NC(=O)c2[nH]c3ccc(NS(=O)(=O)c4ccc(C(C)(C)C)cc4)cc3c2-c2ccccc2)ccn1. The van der Waals surface area contributed by atoms with E-state index in [2.05, 4.69) is 40.8 Å². The van der Waals surface area contributed by atoms with Crippen molar-refractivity contribution in [3.05, 3.63) is 108 Å². The highest BCUT2D eigenvalue weighted by molar-refractivity contribution is 7.92. The fraction of sp³-hybridized carbons (Fsp3) is 0.161. The number of hydrogen-bond acceptors (Lipinski definition) is 4. The molecule has 39 heavy (non-hydrogen) atoms. The summed E-state index contributed by atoms with van der Waals surface area (Å²) in [5, 5.41) is 3.66. The maximum atomic E-state index is 13.4. The molecule has 0 bridgehead atoms. The summed E-state index contributed by atoms with van der Waals surface area (Å²) in [4.78, 5) is 21.0. The molecule has 3 N–H and O–H groups in total. The van der Waals surface area contributed by atoms with Gasteiger partial charge in [0.15, 0.2) is 0 Å². The highest BCUT2D eigenvalue weighted by atomic mass is 32.2. The number of amides is 1. The number of sulfonamides is 1. The highest BCUT2D eigenvalue weighted by Crippen LogP contribution is 2.35. The number of aromatic nitrogens is 2. The summed E-state index contributed by atoms with van der Waals surface area (Å²) in [6.07, 6.45) is 1.64. The first-order chi connectivity index (χ1) is 18.5. The van der Waals surface area contributed by atoms with Gasteiger partial charge >= 0.3 is 0 Å². The van der Waals surface area contributed by atoms with Crippen LogP contribution < -0.4 is 10.0 Å². The van der Waals surface area contributed by atoms with Crippen LogP contribution in [0.2, 0.25) is 0 Å². The Morgan fingerprint density at radius 1 is 0.872 bits per heavy atom. The van der Waals surface area contributed by atoms with Gasteiger partial charge in [-0.1, -0.05) is 63.2 Å². The van der Waals surface area contributed by atoms with Gasteiger partial charge in [0.25, 0.3) is 15.9 Å². The lowest BCUT2D eigenvalue weighted by atomic mass is 9.87. The summed E-state index contributed by atoms with van der Waals surface area (Å²) in [6, 6.07) is 25.2. The zero-order chi connectivity index (χ0) is 27.8. The zero-order valence-corrected chi connectivity index (χ0v) is 23.1. The normalized spacial score (nSPS) is 11.9. The Morgan fingerprint density at radius 2 is 1.59 bits per heavy atom. The molecule has 0 spiro atoms. The first kappa shape index (κ1) is 26.2. The van der Waals surface area contributed by atoms with E-state index in [1.807, 2.05) is 49.4 Å². The lowest BCUT2D eigenvalue weighted by molar-refractivity contribution is 0.102. The van der Waals surface area contributed by atoms with Crippen LogP contribution in [-0.2, 0) is 15.4 Å². The molecule has 0 aliphatic heterocycles. The Hall–Kier alpha value is -4.43. The largest absolute Gasteiger partial charge is 0.350 e. The molecule has 1 amide bonds. The number of carbonyl (C=O) groups is 1. The number of hydrogen-bond donors (Lipinski definition) is 3. The predicted molar refractivity (Wildman–Crippen MR) is 157 cm³/mol. The highest BCUT2D eigenvalue weighted by Gasteiger charge is 2.22. The van der Waals surface area contributed by atoms with Crippen molar-refractivity contribution in [3.63, 3.8) is 0 Å². The molecule has 5 rings (SSSR count). The average molecular weight is 539 g/mol. The van der Waals surface area contributed by atoms with Crippen LogP contribution in [0.5, 0.6) is 0 Å². The lowest BCUT2D eigenvalue weighted by Gasteiger charge is -2.19. The number of aromatic amines is 1. The average Bonchev–Trinajstić information content (AvgIpc) is 3.27. The van der Waals surface area contributed by atoms with Crippen LogP contribution in [-0.4, -0.2) is 24.3 Å². The minimum Gasteiger partial charge on any atom is -0.350 e. The molecule has 2 heterocycles. The Kier molecular flexibility index (Phi) is 6.74. The number of fused-ring (bicyclic) bond motifs is 1. The van der Waals surface area contributed by atoms with Crippen molar-refractivity contribution in [1.82, 2.24) is 9.97 Å². The van der Waals surface area contributed by atoms with Gasteiger partial charge in [-0.15, -0.1) is 0 Å². The third kappa shape index (κ3) is 5.56. The molecule has 0 unspecified atom stereocenters. The molecule has 8 heteroatoms. The van der Waals surface area contributed by atoms with E-state index in [1.54, 1.807) is 48.7 Å². The lowest BCUT2D eigenvalue weighted by Crippen LogP contribution is -2.14. The van der Waals surface area contributed by atoms with Gasteiger partial charge in [-0.05, 0) is 65.9 Å². The molecule has 198 valence electrons. The Bertz CT molecular complexity index is 1770. The van der Waals surface area contributed by atoms with Gasteiger partial charge in [-0.25, -0.2) is 8.42 Å². The van der Waals surface area contributed by atoms with Gasteiger partial charge in [0.1, 0.15) is 5.69 Å². The second kappa shape index (κ2) is 10.0. The summed E-state index contributed by atoms with van der Waals surface area (Å²) < 4.78 is 29.1. The predicted octanol–water partition coefficient (Wildman–Crippen LogP) is 6.89. The van der Waals surface area contributed by atoms with Crippen LogP contribution in [0.4, 0.5) is 11.4 Å². The Labute approximate surface area is 228 Å². The fourth-order valence-corrected chi connectivity index (χ4v) is 5.54. The molecule has 7 nitrogen and oxygen atoms in total. The summed E-state index contributed by atoms with van der Waals surface area (Å²) >= 11 is 0. The van der Waals surface area contributed by atoms with Gasteiger partial charge in [0.05, 0.1) is 4.90 Å². The summed E-state index contributed by atoms with van der Waals surface area (Å²) in [5.41, 5.74) is 5.40. The van der Waals surface area contributed by atoms with Crippen molar-refractivity contribution in [3.8, 4) is 11.1 Å². The number of nitrogens with one attached hydrogen (secondary N) is 3. The van der Waals surface area contributed by atoms with Gasteiger partial charge in [-0.2, -0.15) is 0 Å². The standard InChI is InChI=1S/C31H30N4O3S/c1-20-18-23(16-17-32-20)33-30(36)29-28(21-8-6-5-7-9-21)26-19-24(12-15-27(26)34-29)35-39(37,38)25-13-10-22(11-14-25)31(2,3)4/h5-19,34-35H,1-4H3,(H,32,33,36). The van der Waals surface area contributed by atoms with Gasteiger partial charge in [0, 0.05) is 39.7 Å². The van der Waals surface area contributed by atoms with Crippen molar-refractivity contribution >= 4 is 38.2 Å². The number of aryl methyl sites for hydroxylation is 1. The van der Waals surface area contributed by atoms with E-state index in [0.717, 1.165) is 22.2 Å². The van der Waals surface area contributed by atoms with E-state index in [4.69, 9.17) is 0 Å². The molecule has 0 aliphatic carbocycles. The van der Waals surface area contributed by atoms with E-state index < -0.39 is 10.0 Å². The third-order valence-corrected chi connectivity index (χ3v) is 7.92. The molecule has 0 radical (unpaired) electrons. The molecule has 0 fully saturated rings. The molecule has 2 aromatic heterocycles. The maximum absolute atomic E-state index is 13.4. The number of carbonyl (C=O) groups excluding carboxylic acids is 1. The molecule has 5 aromatic rings. The molecule has 0 saturated carbocycles. The quantitative estimate of drug-likeness (QED) is 0.219. The molecule has 0 atom stereocenters. The number of benzene rings is 3. The molecule has 0 aliphatic rings. The Balaban J connectivity index is 1.53. The van der Waals surface area contributed by atoms with Crippen molar-refractivity contribution in [1.29, 1.82) is 0 Å². The number of rotatable bonds is 6. The van der Waals surface area contributed by atoms with Crippen molar-refractivity contribution in [2.75, 3.05) is 10.0 Å². The van der Waals surface area contributed by atoms with E-state index in [1.165, 1.54) is 0 Å². The molecule has 0 saturated heterocycles. The van der Waals surface area contributed by atoms with Crippen LogP contribution in [0.15, 0.2) is 96.0 Å². The number of nitrogens with zero attached hydrogens (tertiary/aromatic N) is 1.